The normalized spacial score (nSPS) is 14.9. The fraction of sp³-hybridized carbons (Fsp3) is 0.800. The molecule has 0 radical (unpaired) electrons. The van der Waals surface area contributed by atoms with E-state index in [1.54, 1.807) is 0 Å². The van der Waals surface area contributed by atoms with E-state index in [0.29, 0.717) is 5.88 Å². The van der Waals surface area contributed by atoms with Crippen LogP contribution in [-0.2, 0) is 11.2 Å². The van der Waals surface area contributed by atoms with E-state index >= 15 is 0 Å². The topological polar surface area (TPSA) is 26.3 Å². The molecule has 0 aliphatic heterocycles. The summed E-state index contributed by atoms with van der Waals surface area (Å²) in [5, 5.41) is 0. The third-order valence-electron chi connectivity index (χ3n) is 1.60. The van der Waals surface area contributed by atoms with Crippen LogP contribution in [0.25, 0.3) is 0 Å². The summed E-state index contributed by atoms with van der Waals surface area (Å²) in [6, 6.07) is 0. The first-order chi connectivity index (χ1) is 5.88. The van der Waals surface area contributed by atoms with Gasteiger partial charge in [0.25, 0.3) is 0 Å². The Morgan fingerprint density at radius 3 is 2.31 bits per heavy atom. The second-order valence-electron chi connectivity index (χ2n) is 4.14. The van der Waals surface area contributed by atoms with Crippen LogP contribution in [0.2, 0.25) is 0 Å². The highest BCUT2D eigenvalue weighted by Crippen LogP contribution is 2.16. The Hall–Kier alpha value is -0.150. The second kappa shape index (κ2) is 5.55. The van der Waals surface area contributed by atoms with Crippen molar-refractivity contribution in [2.75, 3.05) is 12.9 Å². The van der Waals surface area contributed by atoms with Crippen LogP contribution in [0.4, 0.5) is 0 Å². The van der Waals surface area contributed by atoms with Gasteiger partial charge in [-0.15, -0.1) is 0 Å². The van der Waals surface area contributed by atoms with Crippen molar-refractivity contribution in [3.63, 3.8) is 0 Å². The van der Waals surface area contributed by atoms with Crippen molar-refractivity contribution in [2.45, 2.75) is 38.9 Å². The first-order valence-electron chi connectivity index (χ1n) is 4.63. The molecule has 1 atom stereocenters. The molecular weight excluding hydrogens is 182 g/mol. The smallest absolute Gasteiger partial charge is 0.178 e. The summed E-state index contributed by atoms with van der Waals surface area (Å²) in [6.45, 7) is 8.09. The molecule has 13 heavy (non-hydrogen) atoms. The predicted octanol–water partition coefficient (Wildman–Crippen LogP) is 2.35. The van der Waals surface area contributed by atoms with E-state index in [4.69, 9.17) is 0 Å². The van der Waals surface area contributed by atoms with Crippen molar-refractivity contribution in [2.24, 2.45) is 0 Å². The van der Waals surface area contributed by atoms with E-state index in [0.717, 1.165) is 6.42 Å². The number of hydrogen-bond acceptors (Lipinski definition) is 2. The highest BCUT2D eigenvalue weighted by atomic mass is 32.2. The Morgan fingerprint density at radius 2 is 1.92 bits per heavy atom. The molecule has 0 saturated carbocycles. The average Bonchev–Trinajstić information content (AvgIpc) is 1.99. The van der Waals surface area contributed by atoms with Gasteiger partial charge in [0.1, 0.15) is 4.75 Å². The third-order valence-corrected chi connectivity index (χ3v) is 3.61. The van der Waals surface area contributed by atoms with Gasteiger partial charge in [-0.3, -0.25) is 0 Å². The van der Waals surface area contributed by atoms with Crippen molar-refractivity contribution in [3.05, 3.63) is 12.3 Å². The Bertz CT molecular complexity index is 163. The van der Waals surface area contributed by atoms with Crippen LogP contribution in [-0.4, -0.2) is 27.1 Å². The van der Waals surface area contributed by atoms with Gasteiger partial charge in [-0.1, -0.05) is 13.0 Å². The second-order valence-corrected chi connectivity index (χ2v) is 6.31. The fourth-order valence-corrected chi connectivity index (χ4v) is 1.55. The van der Waals surface area contributed by atoms with Gasteiger partial charge in [0, 0.05) is 7.05 Å². The van der Waals surface area contributed by atoms with Gasteiger partial charge in [0.2, 0.25) is 0 Å². The fourth-order valence-electron chi connectivity index (χ4n) is 0.707. The molecule has 0 amide bonds. The Morgan fingerprint density at radius 1 is 1.38 bits per heavy atom. The van der Waals surface area contributed by atoms with E-state index in [2.05, 4.69) is 13.0 Å². The lowest BCUT2D eigenvalue weighted by molar-refractivity contribution is 0.487. The van der Waals surface area contributed by atoms with Gasteiger partial charge in [-0.25, -0.2) is 0 Å². The van der Waals surface area contributed by atoms with Crippen LogP contribution < -0.4 is 0 Å². The quantitative estimate of drug-likeness (QED) is 0.656. The van der Waals surface area contributed by atoms with Crippen LogP contribution in [0, 0.1) is 0 Å². The van der Waals surface area contributed by atoms with E-state index in [-0.39, 0.29) is 4.75 Å². The molecule has 0 heterocycles. The third kappa shape index (κ3) is 5.99. The lowest BCUT2D eigenvalue weighted by Gasteiger charge is -2.27. The Balaban J connectivity index is 3.92. The summed E-state index contributed by atoms with van der Waals surface area (Å²) in [5.74, 6) is 0.611. The number of hydrogen-bond donors (Lipinski definition) is 0. The van der Waals surface area contributed by atoms with Gasteiger partial charge in [0.05, 0.1) is 0 Å². The largest absolute Gasteiger partial charge is 0.615 e. The monoisotopic (exact) mass is 203 g/mol. The van der Waals surface area contributed by atoms with Crippen LogP contribution in [0.3, 0.4) is 0 Å². The summed E-state index contributed by atoms with van der Waals surface area (Å²) < 4.78 is 11.6. The zero-order valence-electron chi connectivity index (χ0n) is 9.33. The van der Waals surface area contributed by atoms with Gasteiger partial charge >= 0.3 is 0 Å². The predicted molar refractivity (Wildman–Crippen MR) is 60.0 cm³/mol. The molecule has 0 aromatic rings. The minimum Gasteiger partial charge on any atom is -0.615 e. The molecule has 0 fully saturated rings. The minimum atomic E-state index is -0.796. The van der Waals surface area contributed by atoms with E-state index < -0.39 is 11.2 Å². The van der Waals surface area contributed by atoms with E-state index in [9.17, 15) is 4.55 Å². The van der Waals surface area contributed by atoms with Gasteiger partial charge < -0.3 is 9.45 Å². The molecule has 0 spiro atoms. The number of rotatable bonds is 4. The summed E-state index contributed by atoms with van der Waals surface area (Å²) in [7, 11) is 1.95. The Kier molecular flexibility index (Phi) is 5.49. The zero-order chi connectivity index (χ0) is 10.5. The SMILES string of the molecule is CC/C=C\N(C)C[S+]([O-])C(C)(C)C. The van der Waals surface area contributed by atoms with E-state index in [1.807, 2.05) is 38.9 Å². The molecule has 2 nitrogen and oxygen atoms in total. The molecule has 0 aliphatic carbocycles. The molecule has 0 saturated heterocycles. The highest BCUT2D eigenvalue weighted by molar-refractivity contribution is 7.92. The molecule has 78 valence electrons. The van der Waals surface area contributed by atoms with Crippen LogP contribution in [0.15, 0.2) is 12.3 Å². The molecule has 0 aromatic carbocycles. The average molecular weight is 203 g/mol. The molecule has 1 unspecified atom stereocenters. The molecular formula is C10H21NOS. The summed E-state index contributed by atoms with van der Waals surface area (Å²) in [5.41, 5.74) is 0. The Labute approximate surface area is 85.2 Å². The lowest BCUT2D eigenvalue weighted by atomic mass is 10.3. The summed E-state index contributed by atoms with van der Waals surface area (Å²) in [6.07, 6.45) is 5.08. The van der Waals surface area contributed by atoms with Crippen LogP contribution >= 0.6 is 0 Å². The lowest BCUT2D eigenvalue weighted by Crippen LogP contribution is -2.35. The van der Waals surface area contributed by atoms with Crippen LogP contribution in [0.5, 0.6) is 0 Å². The van der Waals surface area contributed by atoms with Crippen molar-refractivity contribution in [1.29, 1.82) is 0 Å². The van der Waals surface area contributed by atoms with Crippen molar-refractivity contribution < 1.29 is 4.55 Å². The van der Waals surface area contributed by atoms with Crippen LogP contribution in [0.1, 0.15) is 34.1 Å². The number of nitrogens with zero attached hydrogens (tertiary/aromatic N) is 1. The molecule has 0 aromatic heterocycles. The maximum Gasteiger partial charge on any atom is 0.178 e. The minimum absolute atomic E-state index is 0.117. The zero-order valence-corrected chi connectivity index (χ0v) is 10.1. The molecule has 0 aliphatic rings. The van der Waals surface area contributed by atoms with E-state index in [1.165, 1.54) is 0 Å². The molecule has 0 N–H and O–H groups in total. The first kappa shape index (κ1) is 12.8. The molecule has 3 heteroatoms. The van der Waals surface area contributed by atoms with Gasteiger partial charge in [0.15, 0.2) is 5.88 Å². The molecule has 0 bridgehead atoms. The van der Waals surface area contributed by atoms with Crippen molar-refractivity contribution in [1.82, 2.24) is 4.90 Å². The van der Waals surface area contributed by atoms with Crippen molar-refractivity contribution >= 4 is 11.2 Å². The maximum atomic E-state index is 11.7. The maximum absolute atomic E-state index is 11.7. The van der Waals surface area contributed by atoms with Gasteiger partial charge in [-0.05, 0) is 44.6 Å². The first-order valence-corrected chi connectivity index (χ1v) is 5.95. The standard InChI is InChI=1S/C10H21NOS/c1-6-7-8-11(5)9-13(12)10(2,3)4/h7-8H,6,9H2,1-5H3/b8-7-. The molecule has 0 rings (SSSR count). The van der Waals surface area contributed by atoms with Crippen molar-refractivity contribution in [3.8, 4) is 0 Å². The highest BCUT2D eigenvalue weighted by Gasteiger charge is 2.25. The summed E-state index contributed by atoms with van der Waals surface area (Å²) >= 11 is -0.796. The van der Waals surface area contributed by atoms with Gasteiger partial charge in [-0.2, -0.15) is 0 Å². The summed E-state index contributed by atoms with van der Waals surface area (Å²) in [4.78, 5) is 1.98. The number of allylic oxidation sites excluding steroid dienone is 1.